The normalized spacial score (nSPS) is 9.76. The molecule has 29 heavy (non-hydrogen) atoms. The Morgan fingerprint density at radius 1 is 1.14 bits per heavy atom. The van der Waals surface area contributed by atoms with Crippen LogP contribution in [0.2, 0.25) is 0 Å². The number of phenolic OH excluding ortho intramolecular Hbond substituents is 1. The van der Waals surface area contributed by atoms with Crippen LogP contribution in [0.3, 0.4) is 0 Å². The van der Waals surface area contributed by atoms with Crippen molar-refractivity contribution < 1.29 is 19.4 Å². The van der Waals surface area contributed by atoms with Crippen LogP contribution in [-0.4, -0.2) is 37.7 Å². The van der Waals surface area contributed by atoms with E-state index in [0.29, 0.717) is 11.7 Å². The van der Waals surface area contributed by atoms with E-state index in [-0.39, 0.29) is 11.7 Å². The van der Waals surface area contributed by atoms with E-state index in [1.165, 1.54) is 17.8 Å². The largest absolute Gasteiger partial charge is 0.504 e. The fourth-order valence-electron chi connectivity index (χ4n) is 1.64. The van der Waals surface area contributed by atoms with Gasteiger partial charge in [0.15, 0.2) is 11.5 Å². The lowest BCUT2D eigenvalue weighted by Gasteiger charge is -2.03. The summed E-state index contributed by atoms with van der Waals surface area (Å²) >= 11 is 1.72. The summed E-state index contributed by atoms with van der Waals surface area (Å²) < 4.78 is 9.20. The molecule has 1 N–H and O–H groups in total. The Bertz CT molecular complexity index is 694. The number of benzene rings is 1. The maximum atomic E-state index is 9.50. The molecule has 1 heterocycles. The highest BCUT2D eigenvalue weighted by Gasteiger charge is 2.01. The average Bonchev–Trinajstić information content (AvgIpc) is 3.12. The summed E-state index contributed by atoms with van der Waals surface area (Å²) in [6.45, 7) is 12.0. The topological polar surface area (TPSA) is 68.7 Å². The number of carbonyl (C=O) groups excluding carboxylic acids is 1. The zero-order valence-electron chi connectivity index (χ0n) is 19.2. The lowest BCUT2D eigenvalue weighted by Crippen LogP contribution is -1.85. The number of aldehydes is 1. The molecule has 0 bridgehead atoms. The van der Waals surface area contributed by atoms with Crippen molar-refractivity contribution in [1.82, 2.24) is 4.98 Å². The van der Waals surface area contributed by atoms with Crippen molar-refractivity contribution in [2.75, 3.05) is 21.3 Å². The Morgan fingerprint density at radius 2 is 1.69 bits per heavy atom. The molecule has 1 aromatic heterocycles. The van der Waals surface area contributed by atoms with Gasteiger partial charge in [-0.15, -0.1) is 11.3 Å². The Hall–Kier alpha value is -2.18. The van der Waals surface area contributed by atoms with Gasteiger partial charge in [0.1, 0.15) is 6.29 Å². The fraction of sp³-hybridized carbons (Fsp3) is 0.478. The highest BCUT2D eigenvalue weighted by Crippen LogP contribution is 2.26. The predicted octanol–water partition coefficient (Wildman–Crippen LogP) is 6.11. The molecule has 0 spiro atoms. The van der Waals surface area contributed by atoms with Crippen LogP contribution in [0.25, 0.3) is 6.08 Å². The van der Waals surface area contributed by atoms with E-state index in [1.807, 2.05) is 45.9 Å². The molecule has 5 nitrogen and oxygen atoms in total. The number of carbonyl (C=O) groups is 1. The van der Waals surface area contributed by atoms with E-state index in [0.717, 1.165) is 11.8 Å². The summed E-state index contributed by atoms with van der Waals surface area (Å²) in [5.41, 5.74) is 2.24. The zero-order chi connectivity index (χ0) is 22.8. The number of aryl methyl sites for hydroxylation is 1. The van der Waals surface area contributed by atoms with Gasteiger partial charge in [-0.25, -0.2) is 4.98 Å². The fourth-order valence-corrected chi connectivity index (χ4v) is 2.41. The molecule has 0 amide bonds. The maximum absolute atomic E-state index is 9.50. The minimum atomic E-state index is 0.172. The first kappa shape index (κ1) is 29.0. The van der Waals surface area contributed by atoms with Crippen LogP contribution in [-0.2, 0) is 9.53 Å². The highest BCUT2D eigenvalue weighted by atomic mass is 32.1. The lowest BCUT2D eigenvalue weighted by atomic mass is 10.2. The van der Waals surface area contributed by atoms with E-state index in [1.54, 1.807) is 37.7 Å². The molecular weight excluding hydrogens is 386 g/mol. The van der Waals surface area contributed by atoms with Gasteiger partial charge in [0, 0.05) is 25.5 Å². The number of thiazole rings is 1. The Kier molecular flexibility index (Phi) is 17.9. The number of nitrogens with zero attached hydrogens (tertiary/aromatic N) is 1. The first-order valence-electron chi connectivity index (χ1n) is 9.43. The van der Waals surface area contributed by atoms with E-state index < -0.39 is 0 Å². The number of methoxy groups -OCH3 is 2. The molecule has 0 aliphatic heterocycles. The summed E-state index contributed by atoms with van der Waals surface area (Å²) in [6, 6.07) is 5.24. The van der Waals surface area contributed by atoms with Crippen LogP contribution in [0.1, 0.15) is 56.8 Å². The third-order valence-electron chi connectivity index (χ3n) is 3.06. The molecule has 1 aromatic carbocycles. The molecule has 0 aliphatic carbocycles. The highest BCUT2D eigenvalue weighted by molar-refractivity contribution is 7.09. The number of allylic oxidation sites excluding steroid dienone is 1. The number of hydrogen-bond acceptors (Lipinski definition) is 6. The number of hydrogen-bond donors (Lipinski definition) is 1. The van der Waals surface area contributed by atoms with E-state index in [4.69, 9.17) is 4.74 Å². The van der Waals surface area contributed by atoms with Gasteiger partial charge in [0.2, 0.25) is 0 Å². The second-order valence-electron chi connectivity index (χ2n) is 6.67. The Morgan fingerprint density at radius 3 is 2.00 bits per heavy atom. The van der Waals surface area contributed by atoms with Crippen LogP contribution >= 0.6 is 11.3 Å². The molecule has 6 heteroatoms. The van der Waals surface area contributed by atoms with Gasteiger partial charge in [-0.2, -0.15) is 0 Å². The van der Waals surface area contributed by atoms with Gasteiger partial charge in [-0.3, -0.25) is 0 Å². The summed E-state index contributed by atoms with van der Waals surface area (Å²) in [4.78, 5) is 13.8. The summed E-state index contributed by atoms with van der Waals surface area (Å²) in [5, 5.41) is 12.5. The molecule has 0 saturated carbocycles. The smallest absolute Gasteiger partial charge is 0.161 e. The van der Waals surface area contributed by atoms with Crippen LogP contribution < -0.4 is 4.74 Å². The minimum Gasteiger partial charge on any atom is -0.504 e. The molecular formula is C23H37NO4S. The number of ether oxygens (including phenoxy) is 2. The standard InChI is InChI=1S/C10H12O2.C7H11NS.C4H8O.C2H6O/c1-3-4-8-5-6-9(11)10(7-8)12-2;1-5(2)7-4-9-6(3)8-7;1-4(2)3-5;1-3-2/h3-7,11H,1-2H3;4-5H,1-3H3;3-4H,1-2H3;1-2H3. The van der Waals surface area contributed by atoms with Gasteiger partial charge in [0.05, 0.1) is 17.8 Å². The van der Waals surface area contributed by atoms with Gasteiger partial charge in [-0.05, 0) is 37.5 Å². The van der Waals surface area contributed by atoms with Crippen molar-refractivity contribution in [3.63, 3.8) is 0 Å². The third-order valence-corrected chi connectivity index (χ3v) is 3.86. The number of aromatic nitrogens is 1. The van der Waals surface area contributed by atoms with Crippen molar-refractivity contribution in [1.29, 1.82) is 0 Å². The Labute approximate surface area is 180 Å². The van der Waals surface area contributed by atoms with E-state index >= 15 is 0 Å². The molecule has 0 fully saturated rings. The lowest BCUT2D eigenvalue weighted by molar-refractivity contribution is -0.110. The van der Waals surface area contributed by atoms with Crippen LogP contribution in [0.4, 0.5) is 0 Å². The van der Waals surface area contributed by atoms with E-state index in [9.17, 15) is 9.90 Å². The molecule has 0 atom stereocenters. The summed E-state index contributed by atoms with van der Waals surface area (Å²) in [7, 11) is 4.79. The SMILES string of the molecule is CC(C)C=O.CC=Cc1ccc(O)c(OC)c1.COC.Cc1nc(C(C)C)cs1. The molecule has 164 valence electrons. The zero-order valence-corrected chi connectivity index (χ0v) is 20.0. The minimum absolute atomic E-state index is 0.172. The third kappa shape index (κ3) is 15.4. The van der Waals surface area contributed by atoms with Gasteiger partial charge < -0.3 is 19.4 Å². The molecule has 2 aromatic rings. The first-order valence-corrected chi connectivity index (χ1v) is 10.3. The molecule has 2 rings (SSSR count). The van der Waals surface area contributed by atoms with Gasteiger partial charge in [0.25, 0.3) is 0 Å². The van der Waals surface area contributed by atoms with Crippen LogP contribution in [0.5, 0.6) is 11.5 Å². The van der Waals surface area contributed by atoms with Gasteiger partial charge >= 0.3 is 0 Å². The van der Waals surface area contributed by atoms with E-state index in [2.05, 4.69) is 28.9 Å². The second kappa shape index (κ2) is 17.9. The first-order chi connectivity index (χ1) is 13.7. The molecule has 0 aliphatic rings. The molecule has 0 unspecified atom stereocenters. The van der Waals surface area contributed by atoms with Crippen molar-refractivity contribution in [2.45, 2.75) is 47.5 Å². The summed E-state index contributed by atoms with van der Waals surface area (Å²) in [6.07, 6.45) is 4.80. The van der Waals surface area contributed by atoms with Crippen molar-refractivity contribution in [3.8, 4) is 11.5 Å². The average molecular weight is 424 g/mol. The quantitative estimate of drug-likeness (QED) is 0.601. The van der Waals surface area contributed by atoms with Crippen molar-refractivity contribution >= 4 is 23.7 Å². The van der Waals surface area contributed by atoms with Crippen molar-refractivity contribution in [3.05, 3.63) is 45.9 Å². The molecule has 0 saturated heterocycles. The Balaban J connectivity index is 0. The van der Waals surface area contributed by atoms with Gasteiger partial charge in [-0.1, -0.05) is 45.9 Å². The van der Waals surface area contributed by atoms with Crippen LogP contribution in [0, 0.1) is 12.8 Å². The summed E-state index contributed by atoms with van der Waals surface area (Å²) in [5.74, 6) is 1.46. The molecule has 0 radical (unpaired) electrons. The second-order valence-corrected chi connectivity index (χ2v) is 7.73. The maximum Gasteiger partial charge on any atom is 0.161 e. The monoisotopic (exact) mass is 423 g/mol. The van der Waals surface area contributed by atoms with Crippen molar-refractivity contribution in [2.24, 2.45) is 5.92 Å². The number of aromatic hydroxyl groups is 1. The predicted molar refractivity (Wildman–Crippen MR) is 124 cm³/mol. The number of phenols is 1. The number of rotatable bonds is 4. The van der Waals surface area contributed by atoms with Crippen LogP contribution in [0.15, 0.2) is 29.7 Å².